The van der Waals surface area contributed by atoms with E-state index in [4.69, 9.17) is 22.6 Å². The monoisotopic (exact) mass is 336 g/mol. The highest BCUT2D eigenvalue weighted by atomic mass is 35.5. The number of benzene rings is 1. The molecule has 0 atom stereocenters. The van der Waals surface area contributed by atoms with Crippen LogP contribution < -0.4 is 5.73 Å². The highest BCUT2D eigenvalue weighted by Gasteiger charge is 2.26. The SMILES string of the molecule is COC(=O)c1c(N)c(C#N)cn1-c1cc(Cl)cc([N+](=O)[O-])c1O. The van der Waals surface area contributed by atoms with Crippen molar-refractivity contribution in [2.24, 2.45) is 0 Å². The molecule has 10 heteroatoms. The number of carbonyl (C=O) groups excluding carboxylic acids is 1. The average Bonchev–Trinajstić information content (AvgIpc) is 2.84. The molecular formula is C13H9ClN4O5. The van der Waals surface area contributed by atoms with Gasteiger partial charge in [-0.1, -0.05) is 11.6 Å². The van der Waals surface area contributed by atoms with Gasteiger partial charge in [0.05, 0.1) is 29.0 Å². The summed E-state index contributed by atoms with van der Waals surface area (Å²) in [5.74, 6) is -1.62. The molecule has 2 rings (SSSR count). The number of carbonyl (C=O) groups is 1. The molecule has 1 heterocycles. The van der Waals surface area contributed by atoms with Gasteiger partial charge in [0.1, 0.15) is 6.07 Å². The van der Waals surface area contributed by atoms with Crippen molar-refractivity contribution in [2.45, 2.75) is 0 Å². The van der Waals surface area contributed by atoms with Gasteiger partial charge >= 0.3 is 11.7 Å². The fraction of sp³-hybridized carbons (Fsp3) is 0.0769. The summed E-state index contributed by atoms with van der Waals surface area (Å²) in [6, 6.07) is 3.92. The van der Waals surface area contributed by atoms with Crippen LogP contribution in [0.15, 0.2) is 18.3 Å². The molecule has 0 amide bonds. The standard InChI is InChI=1S/C13H9ClN4O5/c1-23-13(20)11-10(16)6(4-15)5-17(11)8-2-7(14)3-9(12(8)19)18(21)22/h2-3,5,19H,16H2,1H3. The lowest BCUT2D eigenvalue weighted by Crippen LogP contribution is -2.11. The van der Waals surface area contributed by atoms with E-state index in [2.05, 4.69) is 4.74 Å². The molecule has 0 aliphatic heterocycles. The first-order chi connectivity index (χ1) is 10.8. The molecule has 0 bridgehead atoms. The number of methoxy groups -OCH3 is 1. The van der Waals surface area contributed by atoms with Crippen LogP contribution >= 0.6 is 11.6 Å². The van der Waals surface area contributed by atoms with Crippen molar-refractivity contribution in [3.63, 3.8) is 0 Å². The summed E-state index contributed by atoms with van der Waals surface area (Å²) in [6.07, 6.45) is 1.15. The Morgan fingerprint density at radius 1 is 1.57 bits per heavy atom. The van der Waals surface area contributed by atoms with Crippen molar-refractivity contribution in [2.75, 3.05) is 12.8 Å². The summed E-state index contributed by atoms with van der Waals surface area (Å²) < 4.78 is 5.61. The molecule has 0 fully saturated rings. The summed E-state index contributed by atoms with van der Waals surface area (Å²) in [7, 11) is 1.10. The molecule has 1 aromatic carbocycles. The van der Waals surface area contributed by atoms with Crippen molar-refractivity contribution in [1.82, 2.24) is 4.57 Å². The Hall–Kier alpha value is -3.25. The van der Waals surface area contributed by atoms with Crippen molar-refractivity contribution in [3.8, 4) is 17.5 Å². The lowest BCUT2D eigenvalue weighted by Gasteiger charge is -2.10. The number of nitrogens with zero attached hydrogens (tertiary/aromatic N) is 3. The molecule has 3 N–H and O–H groups in total. The van der Waals surface area contributed by atoms with Gasteiger partial charge < -0.3 is 20.1 Å². The molecule has 23 heavy (non-hydrogen) atoms. The van der Waals surface area contributed by atoms with Crippen LogP contribution in [0, 0.1) is 21.4 Å². The summed E-state index contributed by atoms with van der Waals surface area (Å²) >= 11 is 5.82. The lowest BCUT2D eigenvalue weighted by molar-refractivity contribution is -0.385. The number of nitro groups is 1. The fourth-order valence-corrected chi connectivity index (χ4v) is 2.20. The van der Waals surface area contributed by atoms with Crippen molar-refractivity contribution < 1.29 is 19.6 Å². The summed E-state index contributed by atoms with van der Waals surface area (Å²) in [4.78, 5) is 22.0. The number of nitro benzene ring substituents is 1. The van der Waals surface area contributed by atoms with Crippen LogP contribution in [0.5, 0.6) is 5.75 Å². The largest absolute Gasteiger partial charge is 0.501 e. The average molecular weight is 337 g/mol. The second-order valence-electron chi connectivity index (χ2n) is 4.33. The first-order valence-electron chi connectivity index (χ1n) is 5.98. The molecule has 0 unspecified atom stereocenters. The van der Waals surface area contributed by atoms with E-state index < -0.39 is 22.3 Å². The predicted molar refractivity (Wildman–Crippen MR) is 79.6 cm³/mol. The van der Waals surface area contributed by atoms with Crippen LogP contribution in [-0.4, -0.2) is 27.7 Å². The highest BCUT2D eigenvalue weighted by Crippen LogP contribution is 2.38. The molecule has 9 nitrogen and oxygen atoms in total. The normalized spacial score (nSPS) is 10.1. The maximum absolute atomic E-state index is 11.9. The van der Waals surface area contributed by atoms with E-state index in [0.717, 1.165) is 23.9 Å². The van der Waals surface area contributed by atoms with Gasteiger partial charge in [-0.15, -0.1) is 0 Å². The number of nitriles is 1. The van der Waals surface area contributed by atoms with E-state index in [1.165, 1.54) is 6.07 Å². The number of anilines is 1. The highest BCUT2D eigenvalue weighted by molar-refractivity contribution is 6.31. The Morgan fingerprint density at radius 2 is 2.22 bits per heavy atom. The molecule has 118 valence electrons. The number of nitrogen functional groups attached to an aromatic ring is 1. The Kier molecular flexibility index (Phi) is 4.11. The van der Waals surface area contributed by atoms with Gasteiger partial charge in [-0.25, -0.2) is 4.79 Å². The smallest absolute Gasteiger partial charge is 0.357 e. The zero-order chi connectivity index (χ0) is 17.3. The Bertz CT molecular complexity index is 868. The Labute approximate surface area is 134 Å². The van der Waals surface area contributed by atoms with Gasteiger partial charge in [0.15, 0.2) is 5.69 Å². The molecule has 0 aliphatic rings. The van der Waals surface area contributed by atoms with Crippen molar-refractivity contribution in [1.29, 1.82) is 5.26 Å². The first-order valence-corrected chi connectivity index (χ1v) is 6.36. The number of hydrogen-bond donors (Lipinski definition) is 2. The van der Waals surface area contributed by atoms with Crippen LogP contribution in [0.1, 0.15) is 16.1 Å². The number of esters is 1. The van der Waals surface area contributed by atoms with Crippen LogP contribution in [-0.2, 0) is 4.74 Å². The van der Waals surface area contributed by atoms with E-state index >= 15 is 0 Å². The first kappa shape index (κ1) is 16.1. The van der Waals surface area contributed by atoms with Gasteiger partial charge in [0.2, 0.25) is 5.75 Å². The summed E-state index contributed by atoms with van der Waals surface area (Å²) in [6.45, 7) is 0. The van der Waals surface area contributed by atoms with Gasteiger partial charge in [-0.05, 0) is 6.07 Å². The zero-order valence-corrected chi connectivity index (χ0v) is 12.4. The number of hydrogen-bond acceptors (Lipinski definition) is 7. The van der Waals surface area contributed by atoms with E-state index in [1.807, 2.05) is 0 Å². The van der Waals surface area contributed by atoms with Gasteiger partial charge in [0, 0.05) is 17.3 Å². The van der Waals surface area contributed by atoms with E-state index in [1.54, 1.807) is 6.07 Å². The second-order valence-corrected chi connectivity index (χ2v) is 4.76. The van der Waals surface area contributed by atoms with Gasteiger partial charge in [-0.2, -0.15) is 5.26 Å². The summed E-state index contributed by atoms with van der Waals surface area (Å²) in [5, 5.41) is 30.0. The van der Waals surface area contributed by atoms with Crippen LogP contribution in [0.4, 0.5) is 11.4 Å². The molecule has 0 aliphatic carbocycles. The number of rotatable bonds is 3. The third kappa shape index (κ3) is 2.63. The molecule has 0 spiro atoms. The van der Waals surface area contributed by atoms with Crippen molar-refractivity contribution >= 4 is 28.9 Å². The number of ether oxygens (including phenoxy) is 1. The number of halogens is 1. The maximum Gasteiger partial charge on any atom is 0.357 e. The van der Waals surface area contributed by atoms with Crippen LogP contribution in [0.2, 0.25) is 5.02 Å². The molecule has 0 radical (unpaired) electrons. The topological polar surface area (TPSA) is 144 Å². The Morgan fingerprint density at radius 3 is 2.74 bits per heavy atom. The minimum Gasteiger partial charge on any atom is -0.501 e. The van der Waals surface area contributed by atoms with E-state index in [9.17, 15) is 20.0 Å². The maximum atomic E-state index is 11.9. The van der Waals surface area contributed by atoms with E-state index in [-0.39, 0.29) is 27.7 Å². The number of aromatic nitrogens is 1. The number of aromatic hydroxyl groups is 1. The fourth-order valence-electron chi connectivity index (χ4n) is 2.00. The van der Waals surface area contributed by atoms with E-state index in [0.29, 0.717) is 0 Å². The Balaban J connectivity index is 2.85. The molecule has 0 saturated heterocycles. The van der Waals surface area contributed by atoms with Crippen LogP contribution in [0.25, 0.3) is 5.69 Å². The third-order valence-electron chi connectivity index (χ3n) is 3.03. The zero-order valence-electron chi connectivity index (χ0n) is 11.6. The number of phenols is 1. The summed E-state index contributed by atoms with van der Waals surface area (Å²) in [5.41, 5.74) is 4.39. The van der Waals surface area contributed by atoms with Crippen molar-refractivity contribution in [3.05, 3.63) is 44.7 Å². The van der Waals surface area contributed by atoms with Gasteiger partial charge in [0.25, 0.3) is 0 Å². The molecule has 0 saturated carbocycles. The van der Waals surface area contributed by atoms with Gasteiger partial charge in [-0.3, -0.25) is 10.1 Å². The molecule has 1 aromatic heterocycles. The molecule has 2 aromatic rings. The second kappa shape index (κ2) is 5.86. The minimum absolute atomic E-state index is 0.0499. The predicted octanol–water partition coefficient (Wildman–Crippen LogP) is 1.98. The van der Waals surface area contributed by atoms with Crippen LogP contribution in [0.3, 0.4) is 0 Å². The minimum atomic E-state index is -0.883. The number of nitrogens with two attached hydrogens (primary N) is 1. The number of phenolic OH excluding ortho intramolecular Hbond substituents is 1. The lowest BCUT2D eigenvalue weighted by atomic mass is 10.2. The molecular weight excluding hydrogens is 328 g/mol. The quantitative estimate of drug-likeness (QED) is 0.495. The third-order valence-corrected chi connectivity index (χ3v) is 3.25.